The Hall–Kier alpha value is -2.20. The predicted octanol–water partition coefficient (Wildman–Crippen LogP) is 3.37. The molecule has 0 N–H and O–H groups in total. The zero-order chi connectivity index (χ0) is 17.1. The Labute approximate surface area is 148 Å². The Bertz CT molecular complexity index is 707. The van der Waals surface area contributed by atoms with Crippen LogP contribution in [-0.2, 0) is 0 Å². The number of carbonyl (C=O) groups is 1. The Morgan fingerprint density at radius 1 is 1.00 bits per heavy atom. The van der Waals surface area contributed by atoms with Crippen LogP contribution in [0.25, 0.3) is 0 Å². The van der Waals surface area contributed by atoms with Crippen LogP contribution < -0.4 is 9.80 Å². The highest BCUT2D eigenvalue weighted by molar-refractivity contribution is 6.30. The third-order valence-corrected chi connectivity index (χ3v) is 4.61. The molecule has 0 atom stereocenters. The topological polar surface area (TPSA) is 26.8 Å². The molecular formula is C19H22ClN3O. The highest BCUT2D eigenvalue weighted by Gasteiger charge is 2.22. The summed E-state index contributed by atoms with van der Waals surface area (Å²) in [5, 5.41) is 0.743. The van der Waals surface area contributed by atoms with E-state index in [0.717, 1.165) is 48.1 Å². The lowest BCUT2D eigenvalue weighted by Crippen LogP contribution is -2.48. The van der Waals surface area contributed by atoms with E-state index in [1.165, 1.54) is 0 Å². The molecule has 4 nitrogen and oxygen atoms in total. The van der Waals surface area contributed by atoms with E-state index in [9.17, 15) is 4.79 Å². The SMILES string of the molecule is CN(C)c1ccc(C(=O)N2CCN(c3cccc(Cl)c3)CC2)cc1. The molecule has 1 saturated heterocycles. The molecule has 126 valence electrons. The van der Waals surface area contributed by atoms with Gasteiger partial charge in [0.2, 0.25) is 0 Å². The van der Waals surface area contributed by atoms with Gasteiger partial charge in [-0.25, -0.2) is 0 Å². The molecule has 0 radical (unpaired) electrons. The monoisotopic (exact) mass is 343 g/mol. The van der Waals surface area contributed by atoms with Crippen LogP contribution in [0.3, 0.4) is 0 Å². The molecule has 2 aromatic rings. The smallest absolute Gasteiger partial charge is 0.253 e. The second-order valence-electron chi connectivity index (χ2n) is 6.20. The maximum Gasteiger partial charge on any atom is 0.253 e. The van der Waals surface area contributed by atoms with Crippen LogP contribution in [-0.4, -0.2) is 51.1 Å². The molecule has 1 aliphatic rings. The minimum absolute atomic E-state index is 0.103. The van der Waals surface area contributed by atoms with Crippen LogP contribution in [0.1, 0.15) is 10.4 Å². The maximum absolute atomic E-state index is 12.7. The minimum Gasteiger partial charge on any atom is -0.378 e. The number of halogens is 1. The molecule has 24 heavy (non-hydrogen) atoms. The van der Waals surface area contributed by atoms with Gasteiger partial charge in [0.25, 0.3) is 5.91 Å². The normalized spacial score (nSPS) is 14.6. The molecule has 0 aliphatic carbocycles. The summed E-state index contributed by atoms with van der Waals surface area (Å²) < 4.78 is 0. The molecule has 2 aromatic carbocycles. The molecule has 0 bridgehead atoms. The lowest BCUT2D eigenvalue weighted by atomic mass is 10.1. The van der Waals surface area contributed by atoms with Crippen LogP contribution in [0.15, 0.2) is 48.5 Å². The van der Waals surface area contributed by atoms with Gasteiger partial charge in [-0.3, -0.25) is 4.79 Å². The van der Waals surface area contributed by atoms with Gasteiger partial charge in [-0.1, -0.05) is 17.7 Å². The zero-order valence-corrected chi connectivity index (χ0v) is 14.8. The number of hydrogen-bond donors (Lipinski definition) is 0. The molecule has 1 heterocycles. The van der Waals surface area contributed by atoms with Crippen molar-refractivity contribution in [2.75, 3.05) is 50.1 Å². The van der Waals surface area contributed by atoms with Gasteiger partial charge < -0.3 is 14.7 Å². The summed E-state index contributed by atoms with van der Waals surface area (Å²) in [6, 6.07) is 15.6. The van der Waals surface area contributed by atoms with Crippen molar-refractivity contribution in [2.45, 2.75) is 0 Å². The van der Waals surface area contributed by atoms with Crippen LogP contribution in [0.2, 0.25) is 5.02 Å². The number of amides is 1. The van der Waals surface area contributed by atoms with Crippen LogP contribution in [0, 0.1) is 0 Å². The second kappa shape index (κ2) is 7.14. The molecule has 1 amide bonds. The Kier molecular flexibility index (Phi) is 4.95. The van der Waals surface area contributed by atoms with Crippen LogP contribution in [0.4, 0.5) is 11.4 Å². The molecule has 5 heteroatoms. The quantitative estimate of drug-likeness (QED) is 0.855. The summed E-state index contributed by atoms with van der Waals surface area (Å²) in [7, 11) is 3.98. The molecule has 0 aromatic heterocycles. The van der Waals surface area contributed by atoms with Gasteiger partial charge in [-0.2, -0.15) is 0 Å². The first-order valence-electron chi connectivity index (χ1n) is 8.12. The Morgan fingerprint density at radius 3 is 2.25 bits per heavy atom. The molecule has 0 saturated carbocycles. The van der Waals surface area contributed by atoms with Crippen molar-refractivity contribution < 1.29 is 4.79 Å². The number of benzene rings is 2. The highest BCUT2D eigenvalue weighted by atomic mass is 35.5. The number of rotatable bonds is 3. The standard InChI is InChI=1S/C19H22ClN3O/c1-21(2)17-8-6-15(7-9-17)19(24)23-12-10-22(11-13-23)18-5-3-4-16(20)14-18/h3-9,14H,10-13H2,1-2H3. The van der Waals surface area contributed by atoms with E-state index in [1.807, 2.05) is 66.4 Å². The van der Waals surface area contributed by atoms with Crippen LogP contribution >= 0.6 is 11.6 Å². The van der Waals surface area contributed by atoms with Gasteiger partial charge in [0.05, 0.1) is 0 Å². The van der Waals surface area contributed by atoms with Crippen LogP contribution in [0.5, 0.6) is 0 Å². The predicted molar refractivity (Wildman–Crippen MR) is 100 cm³/mol. The number of anilines is 2. The van der Waals surface area contributed by atoms with E-state index in [2.05, 4.69) is 11.0 Å². The zero-order valence-electron chi connectivity index (χ0n) is 14.1. The number of piperazine rings is 1. The molecular weight excluding hydrogens is 322 g/mol. The molecule has 0 unspecified atom stereocenters. The lowest BCUT2D eigenvalue weighted by Gasteiger charge is -2.36. The van der Waals surface area contributed by atoms with Gasteiger partial charge in [-0.05, 0) is 42.5 Å². The maximum atomic E-state index is 12.7. The fourth-order valence-electron chi connectivity index (χ4n) is 2.93. The van der Waals surface area contributed by atoms with Gasteiger partial charge in [0.15, 0.2) is 0 Å². The summed E-state index contributed by atoms with van der Waals surface area (Å²) in [6.07, 6.45) is 0. The van der Waals surface area contributed by atoms with E-state index >= 15 is 0 Å². The summed E-state index contributed by atoms with van der Waals surface area (Å²) in [5.74, 6) is 0.103. The van der Waals surface area contributed by atoms with Gasteiger partial charge in [0.1, 0.15) is 0 Å². The summed E-state index contributed by atoms with van der Waals surface area (Å²) in [5.41, 5.74) is 2.96. The third-order valence-electron chi connectivity index (χ3n) is 4.37. The average molecular weight is 344 g/mol. The molecule has 0 spiro atoms. The summed E-state index contributed by atoms with van der Waals surface area (Å²) in [6.45, 7) is 3.09. The Morgan fingerprint density at radius 2 is 1.67 bits per heavy atom. The summed E-state index contributed by atoms with van der Waals surface area (Å²) in [4.78, 5) is 18.9. The number of nitrogens with zero attached hydrogens (tertiary/aromatic N) is 3. The molecule has 1 fully saturated rings. The van der Waals surface area contributed by atoms with E-state index < -0.39 is 0 Å². The van der Waals surface area contributed by atoms with E-state index in [4.69, 9.17) is 11.6 Å². The first kappa shape index (κ1) is 16.7. The fraction of sp³-hybridized carbons (Fsp3) is 0.316. The average Bonchev–Trinajstić information content (AvgIpc) is 2.61. The minimum atomic E-state index is 0.103. The first-order chi connectivity index (χ1) is 11.5. The van der Waals surface area contributed by atoms with Crippen molar-refractivity contribution in [3.05, 3.63) is 59.1 Å². The fourth-order valence-corrected chi connectivity index (χ4v) is 3.11. The largest absolute Gasteiger partial charge is 0.378 e. The van der Waals surface area contributed by atoms with Crippen molar-refractivity contribution in [3.8, 4) is 0 Å². The van der Waals surface area contributed by atoms with Crippen molar-refractivity contribution in [3.63, 3.8) is 0 Å². The van der Waals surface area contributed by atoms with Gasteiger partial charge in [0, 0.05) is 62.2 Å². The van der Waals surface area contributed by atoms with Crippen molar-refractivity contribution in [1.82, 2.24) is 4.90 Å². The van der Waals surface area contributed by atoms with Crippen molar-refractivity contribution in [2.24, 2.45) is 0 Å². The van der Waals surface area contributed by atoms with Crippen molar-refractivity contribution >= 4 is 28.9 Å². The number of hydrogen-bond acceptors (Lipinski definition) is 3. The van der Waals surface area contributed by atoms with Gasteiger partial charge >= 0.3 is 0 Å². The van der Waals surface area contributed by atoms with E-state index in [-0.39, 0.29) is 5.91 Å². The first-order valence-corrected chi connectivity index (χ1v) is 8.49. The molecule has 1 aliphatic heterocycles. The second-order valence-corrected chi connectivity index (χ2v) is 6.64. The van der Waals surface area contributed by atoms with Gasteiger partial charge in [-0.15, -0.1) is 0 Å². The molecule has 3 rings (SSSR count). The lowest BCUT2D eigenvalue weighted by molar-refractivity contribution is 0.0747. The number of carbonyl (C=O) groups excluding carboxylic acids is 1. The van der Waals surface area contributed by atoms with E-state index in [1.54, 1.807) is 0 Å². The van der Waals surface area contributed by atoms with Crippen molar-refractivity contribution in [1.29, 1.82) is 0 Å². The van der Waals surface area contributed by atoms with E-state index in [0.29, 0.717) is 0 Å². The summed E-state index contributed by atoms with van der Waals surface area (Å²) >= 11 is 6.06. The Balaban J connectivity index is 1.62. The third kappa shape index (κ3) is 3.65. The highest BCUT2D eigenvalue weighted by Crippen LogP contribution is 2.21.